The summed E-state index contributed by atoms with van der Waals surface area (Å²) in [6, 6.07) is 3.44. The number of rotatable bonds is 3. The molecule has 2 heterocycles. The van der Waals surface area contributed by atoms with Crippen LogP contribution in [-0.4, -0.2) is 39.5 Å². The molecule has 0 aromatic carbocycles. The molecular weight excluding hydrogens is 232 g/mol. The molecule has 1 N–H and O–H groups in total. The zero-order valence-corrected chi connectivity index (χ0v) is 10.1. The van der Waals surface area contributed by atoms with E-state index in [1.54, 1.807) is 17.5 Å². The summed E-state index contributed by atoms with van der Waals surface area (Å²) in [5, 5.41) is 1.77. The van der Waals surface area contributed by atoms with Crippen LogP contribution in [0.3, 0.4) is 0 Å². The number of hydrogen-bond donors (Lipinski definition) is 1. The van der Waals surface area contributed by atoms with Gasteiger partial charge in [-0.25, -0.2) is 13.1 Å². The van der Waals surface area contributed by atoms with E-state index in [4.69, 9.17) is 0 Å². The topological polar surface area (TPSA) is 49.4 Å². The second-order valence-corrected chi connectivity index (χ2v) is 6.69. The van der Waals surface area contributed by atoms with Crippen LogP contribution in [0.15, 0.2) is 21.7 Å². The van der Waals surface area contributed by atoms with Crippen molar-refractivity contribution in [2.24, 2.45) is 0 Å². The molecule has 1 aromatic rings. The highest BCUT2D eigenvalue weighted by atomic mass is 32.2. The number of likely N-dealkylation sites (N-methyl/N-ethyl adjacent to an activating group) is 1. The number of thiophene rings is 1. The molecule has 1 atom stereocenters. The first-order chi connectivity index (χ1) is 7.08. The highest BCUT2D eigenvalue weighted by Gasteiger charge is 2.25. The Bertz CT molecular complexity index is 413. The van der Waals surface area contributed by atoms with Crippen LogP contribution in [0.4, 0.5) is 0 Å². The molecule has 0 spiro atoms. The highest BCUT2D eigenvalue weighted by molar-refractivity contribution is 7.91. The third kappa shape index (κ3) is 2.57. The van der Waals surface area contributed by atoms with Gasteiger partial charge in [0.05, 0.1) is 0 Å². The van der Waals surface area contributed by atoms with E-state index in [-0.39, 0.29) is 6.04 Å². The number of sulfonamides is 1. The Morgan fingerprint density at radius 3 is 2.93 bits per heavy atom. The Kier molecular flexibility index (Phi) is 3.11. The molecule has 2 rings (SSSR count). The van der Waals surface area contributed by atoms with Gasteiger partial charge in [-0.05, 0) is 31.5 Å². The average molecular weight is 246 g/mol. The molecule has 4 nitrogen and oxygen atoms in total. The Morgan fingerprint density at radius 1 is 1.60 bits per heavy atom. The van der Waals surface area contributed by atoms with E-state index in [0.717, 1.165) is 19.5 Å². The van der Waals surface area contributed by atoms with E-state index in [0.29, 0.717) is 4.21 Å². The zero-order chi connectivity index (χ0) is 10.9. The van der Waals surface area contributed by atoms with Gasteiger partial charge in [-0.1, -0.05) is 6.07 Å². The van der Waals surface area contributed by atoms with Gasteiger partial charge >= 0.3 is 0 Å². The van der Waals surface area contributed by atoms with E-state index in [1.807, 2.05) is 7.05 Å². The minimum absolute atomic E-state index is 0.0575. The zero-order valence-electron chi connectivity index (χ0n) is 8.51. The molecular formula is C9H14N2O2S2. The van der Waals surface area contributed by atoms with Gasteiger partial charge < -0.3 is 4.90 Å². The lowest BCUT2D eigenvalue weighted by molar-refractivity contribution is 0.407. The third-order valence-electron chi connectivity index (χ3n) is 2.47. The number of nitrogens with one attached hydrogen (secondary N) is 1. The Labute approximate surface area is 94.0 Å². The molecule has 0 radical (unpaired) electrons. The summed E-state index contributed by atoms with van der Waals surface area (Å²) in [5.41, 5.74) is 0. The summed E-state index contributed by atoms with van der Waals surface area (Å²) in [7, 11) is -1.28. The van der Waals surface area contributed by atoms with Crippen LogP contribution < -0.4 is 4.72 Å². The van der Waals surface area contributed by atoms with E-state index in [2.05, 4.69) is 9.62 Å². The van der Waals surface area contributed by atoms with Crippen LogP contribution in [0, 0.1) is 0 Å². The van der Waals surface area contributed by atoms with Crippen LogP contribution >= 0.6 is 11.3 Å². The lowest BCUT2D eigenvalue weighted by Crippen LogP contribution is -2.36. The highest BCUT2D eigenvalue weighted by Crippen LogP contribution is 2.17. The lowest BCUT2D eigenvalue weighted by Gasteiger charge is -2.11. The molecule has 1 unspecified atom stereocenters. The Hall–Kier alpha value is -0.430. The van der Waals surface area contributed by atoms with Crippen LogP contribution in [0.2, 0.25) is 0 Å². The fourth-order valence-electron chi connectivity index (χ4n) is 1.73. The molecule has 84 valence electrons. The van der Waals surface area contributed by atoms with Gasteiger partial charge in [-0.2, -0.15) is 0 Å². The molecule has 15 heavy (non-hydrogen) atoms. The summed E-state index contributed by atoms with van der Waals surface area (Å²) in [4.78, 5) is 2.13. The fraction of sp³-hybridized carbons (Fsp3) is 0.556. The maximum Gasteiger partial charge on any atom is 0.250 e. The second kappa shape index (κ2) is 4.21. The van der Waals surface area contributed by atoms with Crippen molar-refractivity contribution in [3.63, 3.8) is 0 Å². The van der Waals surface area contributed by atoms with Crippen molar-refractivity contribution in [3.05, 3.63) is 17.5 Å². The van der Waals surface area contributed by atoms with Gasteiger partial charge in [-0.3, -0.25) is 0 Å². The van der Waals surface area contributed by atoms with Gasteiger partial charge in [0, 0.05) is 12.6 Å². The van der Waals surface area contributed by atoms with E-state index in [1.165, 1.54) is 11.3 Å². The first-order valence-electron chi connectivity index (χ1n) is 4.82. The van der Waals surface area contributed by atoms with Gasteiger partial charge in [0.25, 0.3) is 0 Å². The normalized spacial score (nSPS) is 23.4. The first-order valence-corrected chi connectivity index (χ1v) is 7.18. The van der Waals surface area contributed by atoms with Crippen molar-refractivity contribution in [3.8, 4) is 0 Å². The van der Waals surface area contributed by atoms with Crippen LogP contribution in [0.1, 0.15) is 6.42 Å². The molecule has 0 saturated carbocycles. The predicted molar refractivity (Wildman–Crippen MR) is 60.5 cm³/mol. The predicted octanol–water partition coefficient (Wildman–Crippen LogP) is 0.731. The van der Waals surface area contributed by atoms with Crippen molar-refractivity contribution < 1.29 is 8.42 Å². The molecule has 1 aliphatic rings. The number of hydrogen-bond acceptors (Lipinski definition) is 4. The molecule has 1 aromatic heterocycles. The first kappa shape index (κ1) is 11.1. The Morgan fingerprint density at radius 2 is 2.40 bits per heavy atom. The molecule has 0 bridgehead atoms. The van der Waals surface area contributed by atoms with E-state index < -0.39 is 10.0 Å². The van der Waals surface area contributed by atoms with E-state index >= 15 is 0 Å². The molecule has 0 amide bonds. The lowest BCUT2D eigenvalue weighted by atomic mass is 10.3. The summed E-state index contributed by atoms with van der Waals surface area (Å²) in [6.45, 7) is 1.75. The van der Waals surface area contributed by atoms with Crippen molar-refractivity contribution in [1.82, 2.24) is 9.62 Å². The van der Waals surface area contributed by atoms with Gasteiger partial charge in [0.1, 0.15) is 4.21 Å². The maximum atomic E-state index is 11.8. The fourth-order valence-corrected chi connectivity index (χ4v) is 4.00. The van der Waals surface area contributed by atoms with Gasteiger partial charge in [-0.15, -0.1) is 11.3 Å². The largest absolute Gasteiger partial charge is 0.305 e. The molecule has 6 heteroatoms. The van der Waals surface area contributed by atoms with E-state index in [9.17, 15) is 8.42 Å². The average Bonchev–Trinajstić information content (AvgIpc) is 2.75. The summed E-state index contributed by atoms with van der Waals surface area (Å²) in [5.74, 6) is 0. The molecule has 1 aliphatic heterocycles. The SMILES string of the molecule is CN1CCC(NS(=O)(=O)c2cccs2)C1. The standard InChI is InChI=1S/C9H14N2O2S2/c1-11-5-4-8(7-11)10-15(12,13)9-3-2-6-14-9/h2-3,6,8,10H,4-5,7H2,1H3. The summed E-state index contributed by atoms with van der Waals surface area (Å²) in [6.07, 6.45) is 0.890. The van der Waals surface area contributed by atoms with Crippen molar-refractivity contribution in [1.29, 1.82) is 0 Å². The monoisotopic (exact) mass is 246 g/mol. The molecule has 1 saturated heterocycles. The van der Waals surface area contributed by atoms with Crippen molar-refractivity contribution in [2.45, 2.75) is 16.7 Å². The molecule has 1 fully saturated rings. The Balaban J connectivity index is 2.06. The van der Waals surface area contributed by atoms with Crippen molar-refractivity contribution in [2.75, 3.05) is 20.1 Å². The van der Waals surface area contributed by atoms with Gasteiger partial charge in [0.2, 0.25) is 10.0 Å². The minimum Gasteiger partial charge on any atom is -0.305 e. The number of nitrogens with zero attached hydrogens (tertiary/aromatic N) is 1. The van der Waals surface area contributed by atoms with Crippen LogP contribution in [0.5, 0.6) is 0 Å². The van der Waals surface area contributed by atoms with Gasteiger partial charge in [0.15, 0.2) is 0 Å². The summed E-state index contributed by atoms with van der Waals surface area (Å²) < 4.78 is 26.8. The maximum absolute atomic E-state index is 11.8. The minimum atomic E-state index is -3.28. The third-order valence-corrected chi connectivity index (χ3v) is 5.39. The number of likely N-dealkylation sites (tertiary alicyclic amines) is 1. The molecule has 0 aliphatic carbocycles. The van der Waals surface area contributed by atoms with Crippen LogP contribution in [-0.2, 0) is 10.0 Å². The smallest absolute Gasteiger partial charge is 0.250 e. The summed E-state index contributed by atoms with van der Waals surface area (Å²) >= 11 is 1.25. The quantitative estimate of drug-likeness (QED) is 0.855. The second-order valence-electron chi connectivity index (χ2n) is 3.80. The van der Waals surface area contributed by atoms with Crippen molar-refractivity contribution >= 4 is 21.4 Å². The van der Waals surface area contributed by atoms with Crippen LogP contribution in [0.25, 0.3) is 0 Å².